The molecule has 0 aliphatic rings. The fourth-order valence-electron chi connectivity index (χ4n) is 1.81. The Hall–Kier alpha value is -2.05. The van der Waals surface area contributed by atoms with Crippen molar-refractivity contribution >= 4 is 33.2 Å². The molecule has 0 spiro atoms. The lowest BCUT2D eigenvalue weighted by Crippen LogP contribution is -2.38. The van der Waals surface area contributed by atoms with Crippen LogP contribution < -0.4 is 10.0 Å². The largest absolute Gasteiger partial charge is 0.368 e. The molecule has 0 radical (unpaired) electrons. The third-order valence-corrected chi connectivity index (χ3v) is 4.75. The summed E-state index contributed by atoms with van der Waals surface area (Å²) in [6.07, 6.45) is 0. The summed E-state index contributed by atoms with van der Waals surface area (Å²) in [5.74, 6) is -0.755. The van der Waals surface area contributed by atoms with Crippen LogP contribution in [0.1, 0.15) is 0 Å². The second-order valence-electron chi connectivity index (χ2n) is 4.27. The number of hydrogen-bond acceptors (Lipinski definition) is 3. The molecule has 110 valence electrons. The van der Waals surface area contributed by atoms with E-state index in [4.69, 9.17) is 17.3 Å². The normalized spacial score (nSPS) is 11.1. The Morgan fingerprint density at radius 2 is 1.76 bits per heavy atom. The maximum atomic E-state index is 12.7. The average molecular weight is 325 g/mol. The molecule has 2 rings (SSSR count). The molecule has 0 atom stereocenters. The van der Waals surface area contributed by atoms with E-state index in [9.17, 15) is 13.2 Å². The van der Waals surface area contributed by atoms with Crippen LogP contribution in [0.5, 0.6) is 0 Å². The first-order chi connectivity index (χ1) is 9.91. The predicted molar refractivity (Wildman–Crippen MR) is 81.6 cm³/mol. The molecule has 0 saturated heterocycles. The molecule has 0 bridgehead atoms. The lowest BCUT2D eigenvalue weighted by Gasteiger charge is -2.23. The number of carbonyl (C=O) groups is 1. The number of primary amides is 1. The molecule has 0 fully saturated rings. The van der Waals surface area contributed by atoms with Gasteiger partial charge in [-0.15, -0.1) is 0 Å². The van der Waals surface area contributed by atoms with Gasteiger partial charge in [-0.3, -0.25) is 9.10 Å². The van der Waals surface area contributed by atoms with E-state index in [0.717, 1.165) is 4.31 Å². The molecule has 21 heavy (non-hydrogen) atoms. The van der Waals surface area contributed by atoms with Gasteiger partial charge in [-0.05, 0) is 30.3 Å². The number of hydrogen-bond donors (Lipinski definition) is 1. The highest BCUT2D eigenvalue weighted by Crippen LogP contribution is 2.25. The molecule has 0 aromatic heterocycles. The smallest absolute Gasteiger partial charge is 0.264 e. The summed E-state index contributed by atoms with van der Waals surface area (Å²) in [6, 6.07) is 14.0. The molecule has 5 nitrogen and oxygen atoms in total. The Bertz CT molecular complexity index is 748. The van der Waals surface area contributed by atoms with E-state index in [2.05, 4.69) is 0 Å². The van der Waals surface area contributed by atoms with Gasteiger partial charge in [0.1, 0.15) is 6.54 Å². The maximum Gasteiger partial charge on any atom is 0.264 e. The summed E-state index contributed by atoms with van der Waals surface area (Å²) in [5.41, 5.74) is 5.45. The highest BCUT2D eigenvalue weighted by atomic mass is 35.5. The van der Waals surface area contributed by atoms with Crippen LogP contribution in [-0.2, 0) is 14.8 Å². The van der Waals surface area contributed by atoms with Gasteiger partial charge in [0.25, 0.3) is 10.0 Å². The zero-order chi connectivity index (χ0) is 15.5. The van der Waals surface area contributed by atoms with Crippen LogP contribution in [0.2, 0.25) is 5.02 Å². The monoisotopic (exact) mass is 324 g/mol. The number of nitrogens with two attached hydrogens (primary N) is 1. The van der Waals surface area contributed by atoms with Gasteiger partial charge < -0.3 is 5.73 Å². The molecule has 2 N–H and O–H groups in total. The third kappa shape index (κ3) is 3.53. The summed E-state index contributed by atoms with van der Waals surface area (Å²) in [5, 5.41) is 0.366. The maximum absolute atomic E-state index is 12.7. The fourth-order valence-corrected chi connectivity index (χ4v) is 3.44. The summed E-state index contributed by atoms with van der Waals surface area (Å²) >= 11 is 5.88. The van der Waals surface area contributed by atoms with E-state index in [-0.39, 0.29) is 10.6 Å². The van der Waals surface area contributed by atoms with Crippen LogP contribution in [0, 0.1) is 0 Å². The van der Waals surface area contributed by atoms with Gasteiger partial charge in [-0.1, -0.05) is 35.9 Å². The molecule has 0 saturated carbocycles. The number of benzene rings is 2. The molecule has 1 amide bonds. The van der Waals surface area contributed by atoms with Crippen molar-refractivity contribution in [3.63, 3.8) is 0 Å². The summed E-state index contributed by atoms with van der Waals surface area (Å²) in [4.78, 5) is 11.3. The van der Waals surface area contributed by atoms with Crippen molar-refractivity contribution in [3.05, 3.63) is 59.6 Å². The first kappa shape index (κ1) is 15.3. The topological polar surface area (TPSA) is 80.5 Å². The summed E-state index contributed by atoms with van der Waals surface area (Å²) in [6.45, 7) is -0.461. The average Bonchev–Trinajstić information content (AvgIpc) is 2.45. The van der Waals surface area contributed by atoms with Crippen LogP contribution in [0.3, 0.4) is 0 Å². The lowest BCUT2D eigenvalue weighted by molar-refractivity contribution is -0.116. The van der Waals surface area contributed by atoms with Gasteiger partial charge in [0.2, 0.25) is 5.91 Å². The highest BCUT2D eigenvalue weighted by Gasteiger charge is 2.26. The third-order valence-electron chi connectivity index (χ3n) is 2.73. The molecule has 2 aromatic rings. The van der Waals surface area contributed by atoms with E-state index >= 15 is 0 Å². The first-order valence-electron chi connectivity index (χ1n) is 6.03. The fraction of sp³-hybridized carbons (Fsp3) is 0.0714. The number of amides is 1. The van der Waals surface area contributed by atoms with Crippen LogP contribution >= 0.6 is 11.6 Å². The second-order valence-corrected chi connectivity index (χ2v) is 6.57. The van der Waals surface area contributed by atoms with Crippen LogP contribution in [0.4, 0.5) is 5.69 Å². The molecule has 0 aliphatic carbocycles. The van der Waals surface area contributed by atoms with Gasteiger partial charge in [0, 0.05) is 5.02 Å². The minimum absolute atomic E-state index is 0.0752. The van der Waals surface area contributed by atoms with Crippen molar-refractivity contribution in [2.45, 2.75) is 4.90 Å². The number of carbonyl (C=O) groups excluding carboxylic acids is 1. The van der Waals surface area contributed by atoms with Crippen molar-refractivity contribution < 1.29 is 13.2 Å². The van der Waals surface area contributed by atoms with E-state index in [1.165, 1.54) is 18.2 Å². The minimum atomic E-state index is -3.89. The van der Waals surface area contributed by atoms with Crippen molar-refractivity contribution in [1.29, 1.82) is 0 Å². The predicted octanol–water partition coefficient (Wildman–Crippen LogP) is 2.02. The molecular formula is C14H13ClN2O3S. The van der Waals surface area contributed by atoms with E-state index in [1.54, 1.807) is 36.4 Å². The van der Waals surface area contributed by atoms with Crippen molar-refractivity contribution in [3.8, 4) is 0 Å². The second kappa shape index (κ2) is 6.15. The van der Waals surface area contributed by atoms with Crippen LogP contribution in [0.15, 0.2) is 59.5 Å². The number of anilines is 1. The molecule has 0 aliphatic heterocycles. The van der Waals surface area contributed by atoms with Crippen molar-refractivity contribution in [1.82, 2.24) is 0 Å². The minimum Gasteiger partial charge on any atom is -0.368 e. The van der Waals surface area contributed by atoms with Crippen LogP contribution in [-0.4, -0.2) is 20.9 Å². The van der Waals surface area contributed by atoms with E-state index < -0.39 is 22.5 Å². The Balaban J connectivity index is 2.53. The Morgan fingerprint density at radius 3 is 2.33 bits per heavy atom. The molecular weight excluding hydrogens is 312 g/mol. The molecule has 2 aromatic carbocycles. The van der Waals surface area contributed by atoms with Gasteiger partial charge in [0.05, 0.1) is 10.6 Å². The van der Waals surface area contributed by atoms with E-state index in [0.29, 0.717) is 5.02 Å². The van der Waals surface area contributed by atoms with Gasteiger partial charge in [-0.2, -0.15) is 0 Å². The zero-order valence-corrected chi connectivity index (χ0v) is 12.5. The van der Waals surface area contributed by atoms with Gasteiger partial charge >= 0.3 is 0 Å². The van der Waals surface area contributed by atoms with Crippen LogP contribution in [0.25, 0.3) is 0 Å². The van der Waals surface area contributed by atoms with Crippen molar-refractivity contribution in [2.75, 3.05) is 10.8 Å². The quantitative estimate of drug-likeness (QED) is 0.913. The summed E-state index contributed by atoms with van der Waals surface area (Å²) < 4.78 is 26.3. The molecule has 0 unspecified atom stereocenters. The van der Waals surface area contributed by atoms with E-state index in [1.807, 2.05) is 0 Å². The SMILES string of the molecule is NC(=O)CN(c1cccc(Cl)c1)S(=O)(=O)c1ccccc1. The zero-order valence-electron chi connectivity index (χ0n) is 10.9. The lowest BCUT2D eigenvalue weighted by atomic mass is 10.3. The Kier molecular flexibility index (Phi) is 4.50. The Morgan fingerprint density at radius 1 is 1.10 bits per heavy atom. The summed E-state index contributed by atoms with van der Waals surface area (Å²) in [7, 11) is -3.89. The standard InChI is InChI=1S/C14H13ClN2O3S/c15-11-5-4-6-12(9-11)17(10-14(16)18)21(19,20)13-7-2-1-3-8-13/h1-9H,10H2,(H2,16,18). The van der Waals surface area contributed by atoms with Crippen molar-refractivity contribution in [2.24, 2.45) is 5.73 Å². The number of rotatable bonds is 5. The number of halogens is 1. The molecule has 7 heteroatoms. The van der Waals surface area contributed by atoms with Gasteiger partial charge in [-0.25, -0.2) is 8.42 Å². The number of nitrogens with zero attached hydrogens (tertiary/aromatic N) is 1. The van der Waals surface area contributed by atoms with Gasteiger partial charge in [0.15, 0.2) is 0 Å². The highest BCUT2D eigenvalue weighted by molar-refractivity contribution is 7.92. The molecule has 0 heterocycles. The first-order valence-corrected chi connectivity index (χ1v) is 7.85. The Labute approximate surface area is 128 Å². The number of sulfonamides is 1.